The third-order valence-corrected chi connectivity index (χ3v) is 3.06. The highest BCUT2D eigenvalue weighted by Gasteiger charge is 2.30. The van der Waals surface area contributed by atoms with Gasteiger partial charge in [0.05, 0.1) is 0 Å². The number of esters is 1. The van der Waals surface area contributed by atoms with Gasteiger partial charge < -0.3 is 9.64 Å². The maximum atomic E-state index is 12.0. The SMILES string of the molecule is CC(C)[C@@H](C(=O)OCc1ccccc1)N(C)C(=O)Cl. The molecule has 0 aliphatic carbocycles. The Morgan fingerprint density at radius 1 is 1.26 bits per heavy atom. The zero-order chi connectivity index (χ0) is 14.4. The lowest BCUT2D eigenvalue weighted by atomic mass is 10.0. The van der Waals surface area contributed by atoms with E-state index in [2.05, 4.69) is 0 Å². The predicted molar refractivity (Wildman–Crippen MR) is 73.9 cm³/mol. The summed E-state index contributed by atoms with van der Waals surface area (Å²) in [5, 5.41) is -0.671. The molecule has 1 atom stereocenters. The van der Waals surface area contributed by atoms with E-state index >= 15 is 0 Å². The number of halogens is 1. The largest absolute Gasteiger partial charge is 0.459 e. The van der Waals surface area contributed by atoms with E-state index in [1.165, 1.54) is 11.9 Å². The lowest BCUT2D eigenvalue weighted by molar-refractivity contribution is -0.151. The summed E-state index contributed by atoms with van der Waals surface area (Å²) >= 11 is 5.41. The monoisotopic (exact) mass is 283 g/mol. The number of benzene rings is 1. The molecule has 0 saturated heterocycles. The lowest BCUT2D eigenvalue weighted by Crippen LogP contribution is -2.44. The molecule has 1 aromatic carbocycles. The highest BCUT2D eigenvalue weighted by molar-refractivity contribution is 6.62. The van der Waals surface area contributed by atoms with E-state index in [1.54, 1.807) is 0 Å². The smallest absolute Gasteiger partial charge is 0.329 e. The molecule has 0 spiro atoms. The van der Waals surface area contributed by atoms with E-state index in [0.29, 0.717) is 0 Å². The summed E-state index contributed by atoms with van der Waals surface area (Å²) in [4.78, 5) is 24.4. The standard InChI is InChI=1S/C14H18ClNO3/c1-10(2)12(16(3)14(15)18)13(17)19-9-11-7-5-4-6-8-11/h4-8,10,12H,9H2,1-3H3/t12-/m0/s1. The molecule has 1 aromatic rings. The Labute approximate surface area is 118 Å². The molecule has 104 valence electrons. The third kappa shape index (κ3) is 4.56. The van der Waals surface area contributed by atoms with Crippen molar-refractivity contribution in [3.8, 4) is 0 Å². The van der Waals surface area contributed by atoms with Crippen LogP contribution in [0.2, 0.25) is 0 Å². The molecule has 0 unspecified atom stereocenters. The van der Waals surface area contributed by atoms with Crippen LogP contribution < -0.4 is 0 Å². The summed E-state index contributed by atoms with van der Waals surface area (Å²) in [6.45, 7) is 3.86. The van der Waals surface area contributed by atoms with Crippen LogP contribution in [-0.4, -0.2) is 29.3 Å². The second kappa shape index (κ2) is 7.14. The minimum absolute atomic E-state index is 0.0732. The van der Waals surface area contributed by atoms with Crippen molar-refractivity contribution in [2.45, 2.75) is 26.5 Å². The van der Waals surface area contributed by atoms with Gasteiger partial charge >= 0.3 is 11.3 Å². The molecule has 0 bridgehead atoms. The molecule has 0 heterocycles. The number of hydrogen-bond acceptors (Lipinski definition) is 3. The highest BCUT2D eigenvalue weighted by Crippen LogP contribution is 2.14. The van der Waals surface area contributed by atoms with E-state index in [1.807, 2.05) is 44.2 Å². The van der Waals surface area contributed by atoms with Crippen LogP contribution in [0.3, 0.4) is 0 Å². The molecule has 0 aliphatic heterocycles. The van der Waals surface area contributed by atoms with Crippen LogP contribution in [0.4, 0.5) is 4.79 Å². The molecule has 5 heteroatoms. The van der Waals surface area contributed by atoms with Crippen LogP contribution in [0.15, 0.2) is 30.3 Å². The predicted octanol–water partition coefficient (Wildman–Crippen LogP) is 3.05. The summed E-state index contributed by atoms with van der Waals surface area (Å²) in [5.41, 5.74) is 0.901. The maximum absolute atomic E-state index is 12.0. The normalized spacial score (nSPS) is 12.1. The molecular weight excluding hydrogens is 266 g/mol. The summed E-state index contributed by atoms with van der Waals surface area (Å²) < 4.78 is 5.23. The van der Waals surface area contributed by atoms with Crippen LogP contribution in [-0.2, 0) is 16.1 Å². The van der Waals surface area contributed by atoms with Gasteiger partial charge in [0.1, 0.15) is 12.6 Å². The Balaban J connectivity index is 2.65. The first-order valence-corrected chi connectivity index (χ1v) is 6.44. The van der Waals surface area contributed by atoms with Crippen molar-refractivity contribution in [3.63, 3.8) is 0 Å². The fourth-order valence-electron chi connectivity index (χ4n) is 1.80. The lowest BCUT2D eigenvalue weighted by Gasteiger charge is -2.27. The topological polar surface area (TPSA) is 46.6 Å². The zero-order valence-electron chi connectivity index (χ0n) is 11.3. The first-order chi connectivity index (χ1) is 8.93. The number of likely N-dealkylation sites (N-methyl/N-ethyl adjacent to an activating group) is 1. The molecule has 0 aromatic heterocycles. The minimum Gasteiger partial charge on any atom is -0.459 e. The third-order valence-electron chi connectivity index (χ3n) is 2.79. The van der Waals surface area contributed by atoms with Gasteiger partial charge in [-0.15, -0.1) is 0 Å². The summed E-state index contributed by atoms with van der Waals surface area (Å²) in [6.07, 6.45) is 0. The molecule has 19 heavy (non-hydrogen) atoms. The summed E-state index contributed by atoms with van der Waals surface area (Å²) in [7, 11) is 1.49. The zero-order valence-corrected chi connectivity index (χ0v) is 12.1. The van der Waals surface area contributed by atoms with Crippen LogP contribution in [0, 0.1) is 5.92 Å². The first-order valence-electron chi connectivity index (χ1n) is 6.06. The molecule has 1 amide bonds. The number of rotatable bonds is 5. The average molecular weight is 284 g/mol. The van der Waals surface area contributed by atoms with Gasteiger partial charge in [0.15, 0.2) is 0 Å². The van der Waals surface area contributed by atoms with Crippen molar-refractivity contribution in [3.05, 3.63) is 35.9 Å². The Hall–Kier alpha value is -1.55. The van der Waals surface area contributed by atoms with E-state index in [9.17, 15) is 9.59 Å². The van der Waals surface area contributed by atoms with Crippen LogP contribution >= 0.6 is 11.6 Å². The van der Waals surface area contributed by atoms with Gasteiger partial charge in [0, 0.05) is 7.05 Å². The molecule has 1 rings (SSSR count). The second-order valence-corrected chi connectivity index (χ2v) is 4.97. The Morgan fingerprint density at radius 3 is 2.32 bits per heavy atom. The number of hydrogen-bond donors (Lipinski definition) is 0. The van der Waals surface area contributed by atoms with Gasteiger partial charge in [-0.1, -0.05) is 44.2 Å². The van der Waals surface area contributed by atoms with Crippen LogP contribution in [0.1, 0.15) is 19.4 Å². The molecule has 0 aliphatic rings. The van der Waals surface area contributed by atoms with Gasteiger partial charge in [-0.3, -0.25) is 4.79 Å². The average Bonchev–Trinajstić information content (AvgIpc) is 2.37. The number of carbonyl (C=O) groups is 2. The van der Waals surface area contributed by atoms with Crippen molar-refractivity contribution in [2.24, 2.45) is 5.92 Å². The van der Waals surface area contributed by atoms with Gasteiger partial charge in [0.2, 0.25) is 0 Å². The highest BCUT2D eigenvalue weighted by atomic mass is 35.5. The molecule has 0 N–H and O–H groups in total. The van der Waals surface area contributed by atoms with E-state index in [0.717, 1.165) is 5.56 Å². The molecule has 0 fully saturated rings. The molecular formula is C14H18ClNO3. The fourth-order valence-corrected chi connectivity index (χ4v) is 1.91. The molecule has 4 nitrogen and oxygen atoms in total. The summed E-state index contributed by atoms with van der Waals surface area (Å²) in [6, 6.07) is 8.70. The second-order valence-electron chi connectivity index (χ2n) is 4.65. The molecule has 0 radical (unpaired) electrons. The fraction of sp³-hybridized carbons (Fsp3) is 0.429. The Morgan fingerprint density at radius 2 is 1.84 bits per heavy atom. The van der Waals surface area contributed by atoms with Crippen LogP contribution in [0.5, 0.6) is 0 Å². The first kappa shape index (κ1) is 15.5. The van der Waals surface area contributed by atoms with E-state index < -0.39 is 17.4 Å². The quantitative estimate of drug-likeness (QED) is 0.474. The maximum Gasteiger partial charge on any atom is 0.329 e. The van der Waals surface area contributed by atoms with Gasteiger partial charge in [-0.25, -0.2) is 4.79 Å². The van der Waals surface area contributed by atoms with Crippen molar-refractivity contribution >= 4 is 22.9 Å². The number of amides is 1. The van der Waals surface area contributed by atoms with E-state index in [4.69, 9.17) is 16.3 Å². The summed E-state index contributed by atoms with van der Waals surface area (Å²) in [5.74, 6) is -0.522. The van der Waals surface area contributed by atoms with Gasteiger partial charge in [0.25, 0.3) is 0 Å². The van der Waals surface area contributed by atoms with Crippen molar-refractivity contribution in [1.29, 1.82) is 0 Å². The van der Waals surface area contributed by atoms with Gasteiger partial charge in [-0.05, 0) is 23.1 Å². The minimum atomic E-state index is -0.672. The molecule has 0 saturated carbocycles. The number of nitrogens with zero attached hydrogens (tertiary/aromatic N) is 1. The van der Waals surface area contributed by atoms with Crippen molar-refractivity contribution in [2.75, 3.05) is 7.05 Å². The Bertz CT molecular complexity index is 434. The van der Waals surface area contributed by atoms with Gasteiger partial charge in [-0.2, -0.15) is 0 Å². The Kier molecular flexibility index (Phi) is 5.83. The van der Waals surface area contributed by atoms with E-state index in [-0.39, 0.29) is 12.5 Å². The van der Waals surface area contributed by atoms with Crippen molar-refractivity contribution in [1.82, 2.24) is 4.90 Å². The number of carbonyl (C=O) groups excluding carboxylic acids is 2. The number of ether oxygens (including phenoxy) is 1. The van der Waals surface area contributed by atoms with Crippen LogP contribution in [0.25, 0.3) is 0 Å². The van der Waals surface area contributed by atoms with Crippen molar-refractivity contribution < 1.29 is 14.3 Å².